The largest absolute Gasteiger partial charge is 0.466 e. The molecule has 0 aromatic heterocycles. The summed E-state index contributed by atoms with van der Waals surface area (Å²) in [4.78, 5) is 11.9. The third-order valence-electron chi connectivity index (χ3n) is 5.38. The fourth-order valence-electron chi connectivity index (χ4n) is 3.56. The van der Waals surface area contributed by atoms with Gasteiger partial charge >= 0.3 is 5.97 Å². The zero-order valence-electron chi connectivity index (χ0n) is 18.5. The number of unbranched alkanes of at least 4 members (excludes halogenated alkanes) is 8. The highest BCUT2D eigenvalue weighted by Gasteiger charge is 2.10. The molecule has 0 unspecified atom stereocenters. The van der Waals surface area contributed by atoms with Gasteiger partial charge in [-0.15, -0.1) is 0 Å². The van der Waals surface area contributed by atoms with Crippen LogP contribution in [0.5, 0.6) is 0 Å². The SMILES string of the molecule is CCCCCC(CCCCC)CCOC(=O)CCCCCCCC(C)C. The molecule has 0 amide bonds. The Morgan fingerprint density at radius 1 is 0.692 bits per heavy atom. The predicted molar refractivity (Wildman–Crippen MR) is 115 cm³/mol. The van der Waals surface area contributed by atoms with E-state index in [4.69, 9.17) is 4.74 Å². The van der Waals surface area contributed by atoms with Crippen molar-refractivity contribution in [2.24, 2.45) is 11.8 Å². The second-order valence-electron chi connectivity index (χ2n) is 8.57. The maximum Gasteiger partial charge on any atom is 0.305 e. The Bertz CT molecular complexity index is 289. The average Bonchev–Trinajstić information content (AvgIpc) is 2.60. The van der Waals surface area contributed by atoms with Crippen molar-refractivity contribution in [2.75, 3.05) is 6.61 Å². The molecule has 26 heavy (non-hydrogen) atoms. The number of ether oxygens (including phenoxy) is 1. The lowest BCUT2D eigenvalue weighted by Crippen LogP contribution is -2.10. The third-order valence-corrected chi connectivity index (χ3v) is 5.38. The van der Waals surface area contributed by atoms with Crippen LogP contribution < -0.4 is 0 Å². The Balaban J connectivity index is 3.68. The molecule has 0 fully saturated rings. The van der Waals surface area contributed by atoms with Crippen molar-refractivity contribution >= 4 is 5.97 Å². The van der Waals surface area contributed by atoms with Gasteiger partial charge < -0.3 is 4.74 Å². The first-order valence-corrected chi connectivity index (χ1v) is 11.8. The summed E-state index contributed by atoms with van der Waals surface area (Å²) in [5.74, 6) is 1.59. The number of hydrogen-bond donors (Lipinski definition) is 0. The van der Waals surface area contributed by atoms with E-state index in [0.717, 1.165) is 24.7 Å². The minimum atomic E-state index is 0.0213. The zero-order chi connectivity index (χ0) is 19.5. The van der Waals surface area contributed by atoms with Gasteiger partial charge in [-0.3, -0.25) is 4.79 Å². The number of carbonyl (C=O) groups is 1. The van der Waals surface area contributed by atoms with E-state index in [1.165, 1.54) is 83.5 Å². The summed E-state index contributed by atoms with van der Waals surface area (Å²) >= 11 is 0. The van der Waals surface area contributed by atoms with Crippen LogP contribution in [0.2, 0.25) is 0 Å². The lowest BCUT2D eigenvalue weighted by atomic mass is 9.92. The summed E-state index contributed by atoms with van der Waals surface area (Å²) < 4.78 is 5.51. The van der Waals surface area contributed by atoms with Crippen LogP contribution in [-0.4, -0.2) is 12.6 Å². The molecule has 0 saturated carbocycles. The Kier molecular flexibility index (Phi) is 18.8. The van der Waals surface area contributed by atoms with Gasteiger partial charge in [0.25, 0.3) is 0 Å². The Morgan fingerprint density at radius 2 is 1.23 bits per heavy atom. The summed E-state index contributed by atoms with van der Waals surface area (Å²) in [6.07, 6.45) is 19.6. The van der Waals surface area contributed by atoms with Crippen molar-refractivity contribution in [1.29, 1.82) is 0 Å². The molecule has 0 aromatic carbocycles. The van der Waals surface area contributed by atoms with Crippen molar-refractivity contribution in [3.8, 4) is 0 Å². The standard InChI is InChI=1S/C24H48O2/c1-5-7-12-17-23(18-13-8-6-2)20-21-26-24(25)19-15-11-9-10-14-16-22(3)4/h22-23H,5-21H2,1-4H3. The van der Waals surface area contributed by atoms with Crippen molar-refractivity contribution in [3.63, 3.8) is 0 Å². The normalized spacial score (nSPS) is 11.5. The smallest absolute Gasteiger partial charge is 0.305 e. The molecule has 0 aliphatic carbocycles. The molecule has 0 bridgehead atoms. The maximum absolute atomic E-state index is 11.9. The Hall–Kier alpha value is -0.530. The summed E-state index contributed by atoms with van der Waals surface area (Å²) in [5.41, 5.74) is 0. The first-order valence-electron chi connectivity index (χ1n) is 11.8. The molecule has 0 spiro atoms. The molecule has 0 radical (unpaired) electrons. The summed E-state index contributed by atoms with van der Waals surface area (Å²) in [7, 11) is 0. The maximum atomic E-state index is 11.9. The van der Waals surface area contributed by atoms with Crippen LogP contribution in [0, 0.1) is 11.8 Å². The second-order valence-corrected chi connectivity index (χ2v) is 8.57. The molecule has 0 aliphatic rings. The molecule has 0 heterocycles. The van der Waals surface area contributed by atoms with E-state index < -0.39 is 0 Å². The van der Waals surface area contributed by atoms with Crippen molar-refractivity contribution in [2.45, 2.75) is 130 Å². The van der Waals surface area contributed by atoms with Crippen LogP contribution in [0.3, 0.4) is 0 Å². The molecule has 2 nitrogen and oxygen atoms in total. The molecule has 0 aromatic rings. The van der Waals surface area contributed by atoms with Gasteiger partial charge in [0.15, 0.2) is 0 Å². The van der Waals surface area contributed by atoms with E-state index in [2.05, 4.69) is 27.7 Å². The van der Waals surface area contributed by atoms with Gasteiger partial charge in [0, 0.05) is 6.42 Å². The van der Waals surface area contributed by atoms with Gasteiger partial charge in [-0.05, 0) is 24.7 Å². The van der Waals surface area contributed by atoms with E-state index in [9.17, 15) is 4.79 Å². The van der Waals surface area contributed by atoms with Crippen molar-refractivity contribution < 1.29 is 9.53 Å². The summed E-state index contributed by atoms with van der Waals surface area (Å²) in [6.45, 7) is 9.73. The molecular weight excluding hydrogens is 320 g/mol. The summed E-state index contributed by atoms with van der Waals surface area (Å²) in [5, 5.41) is 0. The summed E-state index contributed by atoms with van der Waals surface area (Å²) in [6, 6.07) is 0. The van der Waals surface area contributed by atoms with Gasteiger partial charge in [0.1, 0.15) is 0 Å². The molecular formula is C24H48O2. The first kappa shape index (κ1) is 25.5. The quantitative estimate of drug-likeness (QED) is 0.170. The zero-order valence-corrected chi connectivity index (χ0v) is 18.5. The lowest BCUT2D eigenvalue weighted by Gasteiger charge is -2.16. The van der Waals surface area contributed by atoms with Gasteiger partial charge in [0.05, 0.1) is 6.61 Å². The van der Waals surface area contributed by atoms with Crippen molar-refractivity contribution in [1.82, 2.24) is 0 Å². The van der Waals surface area contributed by atoms with E-state index in [0.29, 0.717) is 13.0 Å². The molecule has 0 aliphatic heterocycles. The first-order chi connectivity index (χ1) is 12.6. The molecule has 156 valence electrons. The van der Waals surface area contributed by atoms with Gasteiger partial charge in [-0.25, -0.2) is 0 Å². The van der Waals surface area contributed by atoms with E-state index in [1.807, 2.05) is 0 Å². The fraction of sp³-hybridized carbons (Fsp3) is 0.958. The minimum absolute atomic E-state index is 0.0213. The van der Waals surface area contributed by atoms with Crippen LogP contribution in [0.15, 0.2) is 0 Å². The monoisotopic (exact) mass is 368 g/mol. The molecule has 2 heteroatoms. The number of carbonyl (C=O) groups excluding carboxylic acids is 1. The van der Waals surface area contributed by atoms with E-state index in [1.54, 1.807) is 0 Å². The highest BCUT2D eigenvalue weighted by atomic mass is 16.5. The molecule has 0 N–H and O–H groups in total. The highest BCUT2D eigenvalue weighted by Crippen LogP contribution is 2.21. The third kappa shape index (κ3) is 18.3. The molecule has 0 saturated heterocycles. The van der Waals surface area contributed by atoms with Crippen LogP contribution in [-0.2, 0) is 9.53 Å². The topological polar surface area (TPSA) is 26.3 Å². The van der Waals surface area contributed by atoms with Crippen LogP contribution in [0.1, 0.15) is 130 Å². The van der Waals surface area contributed by atoms with Crippen LogP contribution in [0.4, 0.5) is 0 Å². The van der Waals surface area contributed by atoms with Crippen LogP contribution in [0.25, 0.3) is 0 Å². The van der Waals surface area contributed by atoms with Gasteiger partial charge in [-0.2, -0.15) is 0 Å². The Labute approximate surface area is 164 Å². The minimum Gasteiger partial charge on any atom is -0.466 e. The highest BCUT2D eigenvalue weighted by molar-refractivity contribution is 5.69. The van der Waals surface area contributed by atoms with Gasteiger partial charge in [0.2, 0.25) is 0 Å². The lowest BCUT2D eigenvalue weighted by molar-refractivity contribution is -0.144. The number of hydrogen-bond acceptors (Lipinski definition) is 2. The number of rotatable bonds is 19. The van der Waals surface area contributed by atoms with Crippen LogP contribution >= 0.6 is 0 Å². The number of esters is 1. The fourth-order valence-corrected chi connectivity index (χ4v) is 3.56. The predicted octanol–water partition coefficient (Wildman–Crippen LogP) is 8.08. The van der Waals surface area contributed by atoms with E-state index >= 15 is 0 Å². The molecule has 0 rings (SSSR count). The second kappa shape index (κ2) is 19.2. The Morgan fingerprint density at radius 3 is 1.81 bits per heavy atom. The average molecular weight is 369 g/mol. The van der Waals surface area contributed by atoms with E-state index in [-0.39, 0.29) is 5.97 Å². The van der Waals surface area contributed by atoms with Crippen molar-refractivity contribution in [3.05, 3.63) is 0 Å². The molecule has 0 atom stereocenters. The van der Waals surface area contributed by atoms with Gasteiger partial charge in [-0.1, -0.05) is 111 Å².